The van der Waals surface area contributed by atoms with Crippen molar-refractivity contribution in [2.75, 3.05) is 13.1 Å². The number of rotatable bonds is 2. The molecule has 2 N–H and O–H groups in total. The summed E-state index contributed by atoms with van der Waals surface area (Å²) in [4.78, 5) is 2.48. The number of hydrogen-bond acceptors (Lipinski definition) is 2. The minimum Gasteiger partial charge on any atom is -0.326 e. The third kappa shape index (κ3) is 3.08. The van der Waals surface area contributed by atoms with E-state index >= 15 is 0 Å². The molecule has 1 aromatic rings. The number of hydrogen-bond donors (Lipinski definition) is 1. The summed E-state index contributed by atoms with van der Waals surface area (Å²) in [6, 6.07) is 9.00. The Labute approximate surface area is 105 Å². The molecule has 0 fully saturated rings. The highest BCUT2D eigenvalue weighted by molar-refractivity contribution is 5.29. The molecule has 0 aliphatic carbocycles. The minimum atomic E-state index is 0.191. The molecule has 0 aromatic heterocycles. The van der Waals surface area contributed by atoms with Crippen LogP contribution in [0.15, 0.2) is 24.3 Å². The molecular weight excluding hydrogens is 208 g/mol. The molecule has 0 radical (unpaired) electrons. The molecule has 0 spiro atoms. The van der Waals surface area contributed by atoms with Gasteiger partial charge in [-0.25, -0.2) is 0 Å². The van der Waals surface area contributed by atoms with Gasteiger partial charge in [-0.15, -0.1) is 0 Å². The molecule has 0 bridgehead atoms. The molecule has 1 heterocycles. The summed E-state index contributed by atoms with van der Waals surface area (Å²) in [6.45, 7) is 9.85. The van der Waals surface area contributed by atoms with E-state index in [1.807, 2.05) is 0 Å². The molecule has 94 valence electrons. The maximum absolute atomic E-state index is 6.26. The third-order valence-electron chi connectivity index (χ3n) is 3.78. The first-order chi connectivity index (χ1) is 7.97. The second-order valence-corrected chi connectivity index (χ2v) is 6.23. The smallest absolute Gasteiger partial charge is 0.0237 e. The molecule has 1 aromatic carbocycles. The van der Waals surface area contributed by atoms with E-state index in [9.17, 15) is 0 Å². The van der Waals surface area contributed by atoms with Crippen LogP contribution in [0.25, 0.3) is 0 Å². The van der Waals surface area contributed by atoms with Gasteiger partial charge in [0.1, 0.15) is 0 Å². The Morgan fingerprint density at radius 1 is 1.24 bits per heavy atom. The van der Waals surface area contributed by atoms with Crippen molar-refractivity contribution in [1.29, 1.82) is 0 Å². The van der Waals surface area contributed by atoms with Gasteiger partial charge in [0.15, 0.2) is 0 Å². The van der Waals surface area contributed by atoms with Crippen LogP contribution in [0.4, 0.5) is 0 Å². The van der Waals surface area contributed by atoms with Crippen molar-refractivity contribution >= 4 is 0 Å². The molecule has 1 atom stereocenters. The van der Waals surface area contributed by atoms with Gasteiger partial charge in [-0.1, -0.05) is 45.0 Å². The molecular formula is C15H24N2. The fourth-order valence-electron chi connectivity index (χ4n) is 2.26. The number of fused-ring (bicyclic) bond motifs is 1. The van der Waals surface area contributed by atoms with Crippen LogP contribution in [-0.2, 0) is 13.0 Å². The van der Waals surface area contributed by atoms with Gasteiger partial charge < -0.3 is 5.73 Å². The van der Waals surface area contributed by atoms with Gasteiger partial charge in [-0.2, -0.15) is 0 Å². The van der Waals surface area contributed by atoms with Crippen molar-refractivity contribution in [3.63, 3.8) is 0 Å². The maximum Gasteiger partial charge on any atom is 0.0237 e. The predicted molar refractivity (Wildman–Crippen MR) is 72.9 cm³/mol. The monoisotopic (exact) mass is 232 g/mol. The van der Waals surface area contributed by atoms with Crippen molar-refractivity contribution in [3.05, 3.63) is 35.4 Å². The van der Waals surface area contributed by atoms with Gasteiger partial charge in [-0.05, 0) is 23.0 Å². The van der Waals surface area contributed by atoms with Gasteiger partial charge in [0, 0.05) is 25.7 Å². The fraction of sp³-hybridized carbons (Fsp3) is 0.600. The van der Waals surface area contributed by atoms with E-state index in [1.54, 1.807) is 0 Å². The Kier molecular flexibility index (Phi) is 3.55. The quantitative estimate of drug-likeness (QED) is 0.848. The van der Waals surface area contributed by atoms with E-state index in [1.165, 1.54) is 11.1 Å². The summed E-state index contributed by atoms with van der Waals surface area (Å²) in [6.07, 6.45) is 1.16. The Hall–Kier alpha value is -0.860. The van der Waals surface area contributed by atoms with Crippen LogP contribution >= 0.6 is 0 Å². The molecule has 1 aliphatic rings. The number of benzene rings is 1. The largest absolute Gasteiger partial charge is 0.326 e. The van der Waals surface area contributed by atoms with Crippen LogP contribution in [0.3, 0.4) is 0 Å². The SMILES string of the molecule is CC(C)(C)[C@H](N)CN1CCc2ccccc2C1. The summed E-state index contributed by atoms with van der Waals surface area (Å²) in [5.41, 5.74) is 9.43. The number of nitrogens with two attached hydrogens (primary N) is 1. The second-order valence-electron chi connectivity index (χ2n) is 6.23. The predicted octanol–water partition coefficient (Wildman–Crippen LogP) is 2.42. The van der Waals surface area contributed by atoms with E-state index < -0.39 is 0 Å². The normalized spacial score (nSPS) is 18.8. The maximum atomic E-state index is 6.26. The highest BCUT2D eigenvalue weighted by Crippen LogP contribution is 2.22. The first-order valence-corrected chi connectivity index (χ1v) is 6.51. The lowest BCUT2D eigenvalue weighted by Crippen LogP contribution is -2.46. The van der Waals surface area contributed by atoms with Crippen LogP contribution in [0, 0.1) is 5.41 Å². The van der Waals surface area contributed by atoms with Crippen molar-refractivity contribution in [3.8, 4) is 0 Å². The minimum absolute atomic E-state index is 0.191. The van der Waals surface area contributed by atoms with Crippen molar-refractivity contribution in [1.82, 2.24) is 4.90 Å². The molecule has 17 heavy (non-hydrogen) atoms. The van der Waals surface area contributed by atoms with Gasteiger partial charge in [0.2, 0.25) is 0 Å². The van der Waals surface area contributed by atoms with Crippen LogP contribution in [0.5, 0.6) is 0 Å². The van der Waals surface area contributed by atoms with E-state index in [4.69, 9.17) is 5.73 Å². The lowest BCUT2D eigenvalue weighted by Gasteiger charge is -2.35. The molecule has 0 unspecified atom stereocenters. The van der Waals surface area contributed by atoms with Crippen molar-refractivity contribution in [2.24, 2.45) is 11.1 Å². The summed E-state index contributed by atoms with van der Waals surface area (Å²) in [5.74, 6) is 0. The summed E-state index contributed by atoms with van der Waals surface area (Å²) >= 11 is 0. The molecule has 2 nitrogen and oxygen atoms in total. The standard InChI is InChI=1S/C15H24N2/c1-15(2,3)14(16)11-17-9-8-12-6-4-5-7-13(12)10-17/h4-7,14H,8-11,16H2,1-3H3/t14-/m1/s1. The van der Waals surface area contributed by atoms with Crippen LogP contribution in [0.1, 0.15) is 31.9 Å². The van der Waals surface area contributed by atoms with E-state index in [2.05, 4.69) is 49.9 Å². The summed E-state index contributed by atoms with van der Waals surface area (Å²) in [7, 11) is 0. The zero-order chi connectivity index (χ0) is 12.5. The molecule has 1 aliphatic heterocycles. The van der Waals surface area contributed by atoms with E-state index in [0.29, 0.717) is 0 Å². The highest BCUT2D eigenvalue weighted by atomic mass is 15.1. The Balaban J connectivity index is 1.99. The van der Waals surface area contributed by atoms with Crippen LogP contribution in [-0.4, -0.2) is 24.0 Å². The van der Waals surface area contributed by atoms with E-state index in [0.717, 1.165) is 26.1 Å². The molecule has 2 rings (SSSR count). The second kappa shape index (κ2) is 4.79. The first kappa shape index (κ1) is 12.6. The Bertz CT molecular complexity index is 379. The fourth-order valence-corrected chi connectivity index (χ4v) is 2.26. The van der Waals surface area contributed by atoms with Gasteiger partial charge in [-0.3, -0.25) is 4.90 Å². The first-order valence-electron chi connectivity index (χ1n) is 6.51. The Morgan fingerprint density at radius 3 is 2.53 bits per heavy atom. The lowest BCUT2D eigenvalue weighted by atomic mass is 9.86. The van der Waals surface area contributed by atoms with Gasteiger partial charge >= 0.3 is 0 Å². The zero-order valence-electron chi connectivity index (χ0n) is 11.2. The summed E-state index contributed by atoms with van der Waals surface area (Å²) in [5, 5.41) is 0. The van der Waals surface area contributed by atoms with Gasteiger partial charge in [0.05, 0.1) is 0 Å². The molecule has 0 saturated carbocycles. The van der Waals surface area contributed by atoms with Crippen molar-refractivity contribution in [2.45, 2.75) is 39.8 Å². The topological polar surface area (TPSA) is 29.3 Å². The average molecular weight is 232 g/mol. The third-order valence-corrected chi connectivity index (χ3v) is 3.78. The van der Waals surface area contributed by atoms with E-state index in [-0.39, 0.29) is 11.5 Å². The Morgan fingerprint density at radius 2 is 1.88 bits per heavy atom. The average Bonchev–Trinajstić information content (AvgIpc) is 2.27. The van der Waals surface area contributed by atoms with Crippen LogP contribution < -0.4 is 5.73 Å². The zero-order valence-corrected chi connectivity index (χ0v) is 11.2. The molecule has 0 saturated heterocycles. The van der Waals surface area contributed by atoms with Crippen LogP contribution in [0.2, 0.25) is 0 Å². The van der Waals surface area contributed by atoms with Gasteiger partial charge in [0.25, 0.3) is 0 Å². The summed E-state index contributed by atoms with van der Waals surface area (Å²) < 4.78 is 0. The lowest BCUT2D eigenvalue weighted by molar-refractivity contribution is 0.186. The molecule has 0 amide bonds. The highest BCUT2D eigenvalue weighted by Gasteiger charge is 2.24. The number of nitrogens with zero attached hydrogens (tertiary/aromatic N) is 1. The molecule has 2 heteroatoms. The van der Waals surface area contributed by atoms with Crippen molar-refractivity contribution < 1.29 is 0 Å².